The minimum atomic E-state index is -1.31. The van der Waals surface area contributed by atoms with Crippen molar-refractivity contribution in [3.63, 3.8) is 0 Å². The molecule has 0 amide bonds. The van der Waals surface area contributed by atoms with Crippen LogP contribution < -0.4 is 0 Å². The number of aliphatic hydroxyl groups is 3. The Morgan fingerprint density at radius 2 is 1.89 bits per heavy atom. The number of ether oxygens (including phenoxy) is 1. The molecule has 7 unspecified atom stereocenters. The Morgan fingerprint density at radius 3 is 2.58 bits per heavy atom. The first-order valence-electron chi connectivity index (χ1n) is 6.53. The smallest absolute Gasteiger partial charge is 0.335 e. The average Bonchev–Trinajstić information content (AvgIpc) is 2.75. The van der Waals surface area contributed by atoms with Crippen LogP contribution in [0, 0.1) is 17.8 Å². The second-order valence-corrected chi connectivity index (χ2v) is 5.81. The van der Waals surface area contributed by atoms with Crippen molar-refractivity contribution in [1.29, 1.82) is 0 Å². The third-order valence-electron chi connectivity index (χ3n) is 4.80. The van der Waals surface area contributed by atoms with E-state index in [1.807, 2.05) is 0 Å². The van der Waals surface area contributed by atoms with Crippen LogP contribution >= 0.6 is 0 Å². The van der Waals surface area contributed by atoms with Crippen LogP contribution in [-0.4, -0.2) is 45.7 Å². The molecule has 0 aromatic carbocycles. The third kappa shape index (κ3) is 1.69. The topological polar surface area (TPSA) is 87.0 Å². The van der Waals surface area contributed by atoms with Gasteiger partial charge in [-0.25, -0.2) is 4.79 Å². The Balaban J connectivity index is 2.03. The number of carbonyl (C=O) groups is 1. The lowest BCUT2D eigenvalue weighted by molar-refractivity contribution is -0.148. The summed E-state index contributed by atoms with van der Waals surface area (Å²) >= 11 is 0. The summed E-state index contributed by atoms with van der Waals surface area (Å²) in [5, 5.41) is 30.0. The lowest BCUT2D eigenvalue weighted by Crippen LogP contribution is -2.38. The maximum absolute atomic E-state index is 11.6. The van der Waals surface area contributed by atoms with Gasteiger partial charge in [0.1, 0.15) is 6.10 Å². The first-order valence-corrected chi connectivity index (χ1v) is 6.53. The van der Waals surface area contributed by atoms with Crippen molar-refractivity contribution in [3.8, 4) is 0 Å². The number of carbonyl (C=O) groups excluding carboxylic acids is 1. The summed E-state index contributed by atoms with van der Waals surface area (Å²) in [6.45, 7) is 7.86. The fourth-order valence-electron chi connectivity index (χ4n) is 3.80. The molecule has 3 fully saturated rings. The van der Waals surface area contributed by atoms with Crippen molar-refractivity contribution in [2.24, 2.45) is 17.8 Å². The van der Waals surface area contributed by atoms with Crippen LogP contribution in [0.3, 0.4) is 0 Å². The van der Waals surface area contributed by atoms with Crippen molar-refractivity contribution in [2.75, 3.05) is 0 Å². The van der Waals surface area contributed by atoms with Crippen molar-refractivity contribution in [3.05, 3.63) is 24.3 Å². The number of fused-ring (bicyclic) bond motifs is 3. The van der Waals surface area contributed by atoms with Gasteiger partial charge in [-0.3, -0.25) is 0 Å². The molecule has 3 N–H and O–H groups in total. The van der Waals surface area contributed by atoms with Gasteiger partial charge in [0.25, 0.3) is 0 Å². The van der Waals surface area contributed by atoms with E-state index in [0.717, 1.165) is 5.57 Å². The highest BCUT2D eigenvalue weighted by molar-refractivity contribution is 5.77. The predicted molar refractivity (Wildman–Crippen MR) is 65.9 cm³/mol. The SMILES string of the molecule is C=C1CC(O)C2C(O)C(=O)OC2C2C(=C)C(O)CC12. The molecule has 7 atom stereocenters. The van der Waals surface area contributed by atoms with Gasteiger partial charge >= 0.3 is 5.97 Å². The molecule has 0 aromatic heterocycles. The zero-order valence-corrected chi connectivity index (χ0v) is 10.5. The van der Waals surface area contributed by atoms with E-state index in [4.69, 9.17) is 4.74 Å². The Hall–Kier alpha value is -1.17. The molecule has 104 valence electrons. The number of hydrogen-bond donors (Lipinski definition) is 3. The number of aliphatic hydroxyl groups excluding tert-OH is 3. The standard InChI is InChI=1S/C14H18O5/c1-5-3-9(16)11-12(17)14(18)19-13(11)10-6(2)8(15)4-7(5)10/h7-13,15-17H,1-4H2. The minimum absolute atomic E-state index is 0.0507. The second-order valence-electron chi connectivity index (χ2n) is 5.81. The quantitative estimate of drug-likeness (QED) is 0.416. The van der Waals surface area contributed by atoms with Gasteiger partial charge in [0.15, 0.2) is 6.10 Å². The summed E-state index contributed by atoms with van der Waals surface area (Å²) < 4.78 is 5.25. The summed E-state index contributed by atoms with van der Waals surface area (Å²) in [5.74, 6) is -1.67. The summed E-state index contributed by atoms with van der Waals surface area (Å²) in [7, 11) is 0. The summed E-state index contributed by atoms with van der Waals surface area (Å²) in [4.78, 5) is 11.6. The molecule has 0 bridgehead atoms. The minimum Gasteiger partial charge on any atom is -0.459 e. The monoisotopic (exact) mass is 266 g/mol. The van der Waals surface area contributed by atoms with Gasteiger partial charge in [-0.05, 0) is 24.3 Å². The Bertz CT molecular complexity index is 457. The van der Waals surface area contributed by atoms with Crippen molar-refractivity contribution < 1.29 is 24.9 Å². The van der Waals surface area contributed by atoms with E-state index < -0.39 is 36.3 Å². The molecular weight excluding hydrogens is 248 g/mol. The summed E-state index contributed by atoms with van der Waals surface area (Å²) in [5.41, 5.74) is 1.44. The van der Waals surface area contributed by atoms with Gasteiger partial charge in [0, 0.05) is 5.92 Å². The van der Waals surface area contributed by atoms with Gasteiger partial charge in [0.2, 0.25) is 0 Å². The van der Waals surface area contributed by atoms with Crippen LogP contribution in [-0.2, 0) is 9.53 Å². The van der Waals surface area contributed by atoms with Gasteiger partial charge < -0.3 is 20.1 Å². The normalized spacial score (nSPS) is 49.6. The van der Waals surface area contributed by atoms with E-state index in [0.29, 0.717) is 18.4 Å². The average molecular weight is 266 g/mol. The number of rotatable bonds is 0. The molecule has 3 rings (SSSR count). The van der Waals surface area contributed by atoms with Crippen LogP contribution in [0.1, 0.15) is 12.8 Å². The summed E-state index contributed by atoms with van der Waals surface area (Å²) in [6.07, 6.45) is -2.61. The highest BCUT2D eigenvalue weighted by atomic mass is 16.6. The van der Waals surface area contributed by atoms with Gasteiger partial charge in [-0.2, -0.15) is 0 Å². The van der Waals surface area contributed by atoms with Crippen LogP contribution in [0.2, 0.25) is 0 Å². The maximum Gasteiger partial charge on any atom is 0.335 e. The third-order valence-corrected chi connectivity index (χ3v) is 4.80. The molecule has 2 aliphatic carbocycles. The molecule has 0 radical (unpaired) electrons. The number of hydrogen-bond acceptors (Lipinski definition) is 5. The highest BCUT2D eigenvalue weighted by Gasteiger charge is 2.57. The van der Waals surface area contributed by atoms with E-state index in [1.165, 1.54) is 0 Å². The lowest BCUT2D eigenvalue weighted by atomic mass is 9.82. The van der Waals surface area contributed by atoms with Gasteiger partial charge in [-0.15, -0.1) is 0 Å². The first kappa shape index (κ1) is 12.8. The predicted octanol–water partition coefficient (Wildman–Crippen LogP) is -0.237. The fourth-order valence-corrected chi connectivity index (χ4v) is 3.80. The Morgan fingerprint density at radius 1 is 1.21 bits per heavy atom. The van der Waals surface area contributed by atoms with Crippen LogP contribution in [0.25, 0.3) is 0 Å². The second kappa shape index (κ2) is 4.16. The molecule has 0 spiro atoms. The molecular formula is C14H18O5. The van der Waals surface area contributed by atoms with E-state index in [9.17, 15) is 20.1 Å². The van der Waals surface area contributed by atoms with Crippen molar-refractivity contribution in [1.82, 2.24) is 0 Å². The lowest BCUT2D eigenvalue weighted by Gasteiger charge is -2.27. The molecule has 5 heteroatoms. The van der Waals surface area contributed by atoms with Gasteiger partial charge in [-0.1, -0.05) is 18.7 Å². The maximum atomic E-state index is 11.6. The molecule has 5 nitrogen and oxygen atoms in total. The van der Waals surface area contributed by atoms with E-state index in [2.05, 4.69) is 13.2 Å². The van der Waals surface area contributed by atoms with Crippen LogP contribution in [0.15, 0.2) is 24.3 Å². The van der Waals surface area contributed by atoms with Crippen LogP contribution in [0.4, 0.5) is 0 Å². The summed E-state index contributed by atoms with van der Waals surface area (Å²) in [6, 6.07) is 0. The largest absolute Gasteiger partial charge is 0.459 e. The Labute approximate surface area is 111 Å². The van der Waals surface area contributed by atoms with Crippen molar-refractivity contribution in [2.45, 2.75) is 37.3 Å². The van der Waals surface area contributed by atoms with E-state index in [-0.39, 0.29) is 11.8 Å². The fraction of sp³-hybridized carbons (Fsp3) is 0.643. The highest BCUT2D eigenvalue weighted by Crippen LogP contribution is 2.51. The molecule has 0 aromatic rings. The molecule has 2 saturated carbocycles. The first-order chi connectivity index (χ1) is 8.91. The Kier molecular flexibility index (Phi) is 2.81. The molecule has 19 heavy (non-hydrogen) atoms. The molecule has 1 aliphatic heterocycles. The molecule has 1 heterocycles. The zero-order valence-electron chi connectivity index (χ0n) is 10.5. The van der Waals surface area contributed by atoms with E-state index >= 15 is 0 Å². The number of esters is 1. The van der Waals surface area contributed by atoms with Crippen LogP contribution in [0.5, 0.6) is 0 Å². The van der Waals surface area contributed by atoms with E-state index in [1.54, 1.807) is 0 Å². The molecule has 1 saturated heterocycles. The van der Waals surface area contributed by atoms with Gasteiger partial charge in [0.05, 0.1) is 18.1 Å². The zero-order chi connectivity index (χ0) is 13.9. The van der Waals surface area contributed by atoms with Crippen molar-refractivity contribution >= 4 is 5.97 Å². The molecule has 3 aliphatic rings.